The minimum atomic E-state index is -3.77. The van der Waals surface area contributed by atoms with Crippen molar-refractivity contribution in [3.05, 3.63) is 95.8 Å². The van der Waals surface area contributed by atoms with Crippen LogP contribution in [0, 0.1) is 12.8 Å². The normalized spacial score (nSPS) is 20.2. The van der Waals surface area contributed by atoms with Crippen molar-refractivity contribution in [2.24, 2.45) is 5.92 Å². The monoisotopic (exact) mass is 463 g/mol. The van der Waals surface area contributed by atoms with E-state index in [9.17, 15) is 13.2 Å². The minimum Gasteiger partial charge on any atom is -0.348 e. The number of aromatic nitrogens is 1. The van der Waals surface area contributed by atoms with Gasteiger partial charge >= 0.3 is 0 Å². The highest BCUT2D eigenvalue weighted by atomic mass is 32.2. The van der Waals surface area contributed by atoms with Crippen molar-refractivity contribution >= 4 is 15.9 Å². The molecule has 33 heavy (non-hydrogen) atoms. The van der Waals surface area contributed by atoms with Crippen molar-refractivity contribution in [2.75, 3.05) is 6.54 Å². The van der Waals surface area contributed by atoms with Gasteiger partial charge in [0.2, 0.25) is 15.9 Å². The van der Waals surface area contributed by atoms with Gasteiger partial charge in [-0.25, -0.2) is 8.42 Å². The van der Waals surface area contributed by atoms with E-state index in [-0.39, 0.29) is 29.4 Å². The Hall–Kier alpha value is -3.03. The summed E-state index contributed by atoms with van der Waals surface area (Å²) >= 11 is 0. The summed E-state index contributed by atoms with van der Waals surface area (Å²) in [6.45, 7) is 3.94. The molecular weight excluding hydrogens is 434 g/mol. The van der Waals surface area contributed by atoms with Crippen LogP contribution in [0.25, 0.3) is 0 Å². The Kier molecular flexibility index (Phi) is 6.91. The summed E-state index contributed by atoms with van der Waals surface area (Å²) < 4.78 is 28.7. The molecule has 1 fully saturated rings. The Morgan fingerprint density at radius 2 is 1.64 bits per heavy atom. The average Bonchev–Trinajstić information content (AvgIpc) is 2.84. The van der Waals surface area contributed by atoms with Gasteiger partial charge in [0.15, 0.2) is 0 Å². The maximum atomic E-state index is 13.6. The van der Waals surface area contributed by atoms with Crippen LogP contribution in [-0.4, -0.2) is 30.2 Å². The molecule has 0 spiro atoms. The van der Waals surface area contributed by atoms with Crippen LogP contribution >= 0.6 is 0 Å². The van der Waals surface area contributed by atoms with Gasteiger partial charge < -0.3 is 5.32 Å². The Labute approximate surface area is 195 Å². The van der Waals surface area contributed by atoms with Crippen molar-refractivity contribution in [1.29, 1.82) is 0 Å². The molecule has 0 aliphatic carbocycles. The minimum absolute atomic E-state index is 0.136. The number of hydrogen-bond acceptors (Lipinski definition) is 4. The van der Waals surface area contributed by atoms with E-state index in [4.69, 9.17) is 0 Å². The van der Waals surface area contributed by atoms with Crippen LogP contribution in [0.1, 0.15) is 48.8 Å². The van der Waals surface area contributed by atoms with Gasteiger partial charge in [-0.05, 0) is 56.5 Å². The van der Waals surface area contributed by atoms with Gasteiger partial charge in [0.05, 0.1) is 28.6 Å². The molecule has 172 valence electrons. The Morgan fingerprint density at radius 1 is 0.970 bits per heavy atom. The van der Waals surface area contributed by atoms with Gasteiger partial charge in [0.25, 0.3) is 0 Å². The first-order valence-electron chi connectivity index (χ1n) is 11.2. The number of carbonyl (C=O) groups is 1. The predicted octanol–water partition coefficient (Wildman–Crippen LogP) is 4.41. The zero-order valence-electron chi connectivity index (χ0n) is 18.9. The van der Waals surface area contributed by atoms with Crippen LogP contribution in [0.4, 0.5) is 0 Å². The summed E-state index contributed by atoms with van der Waals surface area (Å²) in [5, 5.41) is 3.04. The fourth-order valence-corrected chi connectivity index (χ4v) is 6.08. The van der Waals surface area contributed by atoms with E-state index in [2.05, 4.69) is 10.3 Å². The molecule has 3 aromatic rings. The number of benzene rings is 2. The molecule has 2 heterocycles. The molecule has 0 bridgehead atoms. The molecule has 1 aliphatic rings. The third kappa shape index (κ3) is 5.15. The van der Waals surface area contributed by atoms with E-state index < -0.39 is 15.9 Å². The summed E-state index contributed by atoms with van der Waals surface area (Å²) in [5.41, 5.74) is 2.61. The molecule has 1 aliphatic heterocycles. The largest absolute Gasteiger partial charge is 0.348 e. The second-order valence-corrected chi connectivity index (χ2v) is 10.4. The number of rotatable bonds is 6. The maximum Gasteiger partial charge on any atom is 0.243 e. The zero-order chi connectivity index (χ0) is 23.4. The first kappa shape index (κ1) is 23.1. The number of aryl methyl sites for hydroxylation is 1. The second kappa shape index (κ2) is 9.85. The SMILES string of the molecule is Cc1cccc(C(C)NC(=O)[C@@H]2CC[C@H](c3ccccc3)N(S(=O)(=O)c3ccccc3)C2)n1. The van der Waals surface area contributed by atoms with Crippen molar-refractivity contribution in [2.45, 2.75) is 43.7 Å². The molecule has 6 nitrogen and oxygen atoms in total. The van der Waals surface area contributed by atoms with E-state index >= 15 is 0 Å². The lowest BCUT2D eigenvalue weighted by atomic mass is 9.90. The maximum absolute atomic E-state index is 13.6. The third-order valence-corrected chi connectivity index (χ3v) is 8.04. The summed E-state index contributed by atoms with van der Waals surface area (Å²) in [4.78, 5) is 17.9. The Balaban J connectivity index is 1.58. The molecule has 0 radical (unpaired) electrons. The van der Waals surface area contributed by atoms with Crippen LogP contribution in [0.3, 0.4) is 0 Å². The third-order valence-electron chi connectivity index (χ3n) is 6.15. The van der Waals surface area contributed by atoms with E-state index in [1.807, 2.05) is 62.4 Å². The highest BCUT2D eigenvalue weighted by molar-refractivity contribution is 7.89. The zero-order valence-corrected chi connectivity index (χ0v) is 19.7. The van der Waals surface area contributed by atoms with Crippen molar-refractivity contribution < 1.29 is 13.2 Å². The van der Waals surface area contributed by atoms with E-state index in [1.165, 1.54) is 4.31 Å². The van der Waals surface area contributed by atoms with E-state index in [1.54, 1.807) is 30.3 Å². The van der Waals surface area contributed by atoms with E-state index in [0.717, 1.165) is 17.0 Å². The Bertz CT molecular complexity index is 1200. The first-order valence-corrected chi connectivity index (χ1v) is 12.7. The highest BCUT2D eigenvalue weighted by Crippen LogP contribution is 2.37. The number of piperidine rings is 1. The van der Waals surface area contributed by atoms with E-state index in [0.29, 0.717) is 12.8 Å². The standard InChI is InChI=1S/C26H29N3O3S/c1-19-10-9-15-24(27-19)20(2)28-26(30)22-16-17-25(21-11-5-3-6-12-21)29(18-22)33(31,32)23-13-7-4-8-14-23/h3-15,20,22,25H,16-18H2,1-2H3,(H,28,30)/t20?,22-,25-/m1/s1. The number of hydrogen-bond donors (Lipinski definition) is 1. The molecule has 3 atom stereocenters. The molecule has 2 aromatic carbocycles. The molecule has 1 N–H and O–H groups in total. The second-order valence-electron chi connectivity index (χ2n) is 8.52. The van der Waals surface area contributed by atoms with Gasteiger partial charge in [-0.2, -0.15) is 4.31 Å². The van der Waals surface area contributed by atoms with Crippen molar-refractivity contribution in [3.8, 4) is 0 Å². The van der Waals surface area contributed by atoms with Gasteiger partial charge in [0, 0.05) is 12.2 Å². The molecule has 1 unspecified atom stereocenters. The van der Waals surface area contributed by atoms with Crippen molar-refractivity contribution in [1.82, 2.24) is 14.6 Å². The molecule has 1 amide bonds. The number of carbonyl (C=O) groups excluding carboxylic acids is 1. The quantitative estimate of drug-likeness (QED) is 0.587. The number of sulfonamides is 1. The van der Waals surface area contributed by atoms with Crippen LogP contribution in [0.2, 0.25) is 0 Å². The molecule has 0 saturated carbocycles. The van der Waals surface area contributed by atoms with Crippen molar-refractivity contribution in [3.63, 3.8) is 0 Å². The summed E-state index contributed by atoms with van der Waals surface area (Å²) in [5.74, 6) is -0.582. The smallest absolute Gasteiger partial charge is 0.243 e. The lowest BCUT2D eigenvalue weighted by molar-refractivity contribution is -0.127. The average molecular weight is 464 g/mol. The number of amides is 1. The fraction of sp³-hybridized carbons (Fsp3) is 0.308. The molecule has 1 saturated heterocycles. The topological polar surface area (TPSA) is 79.4 Å². The molecule has 1 aromatic heterocycles. The summed E-state index contributed by atoms with van der Waals surface area (Å²) in [6.07, 6.45) is 1.19. The van der Waals surface area contributed by atoms with Crippen LogP contribution in [0.15, 0.2) is 83.8 Å². The molecular formula is C26H29N3O3S. The predicted molar refractivity (Wildman–Crippen MR) is 128 cm³/mol. The number of nitrogens with zero attached hydrogens (tertiary/aromatic N) is 2. The van der Waals surface area contributed by atoms with Gasteiger partial charge in [-0.1, -0.05) is 54.6 Å². The number of pyridine rings is 1. The summed E-state index contributed by atoms with van der Waals surface area (Å²) in [7, 11) is -3.77. The van der Waals surface area contributed by atoms with Crippen LogP contribution in [0.5, 0.6) is 0 Å². The molecule has 4 rings (SSSR count). The molecule has 7 heteroatoms. The van der Waals surface area contributed by atoms with Gasteiger partial charge in [-0.15, -0.1) is 0 Å². The lowest BCUT2D eigenvalue weighted by Gasteiger charge is -2.38. The lowest BCUT2D eigenvalue weighted by Crippen LogP contribution is -2.47. The first-order chi connectivity index (χ1) is 15.9. The number of nitrogens with one attached hydrogen (secondary N) is 1. The fourth-order valence-electron chi connectivity index (χ4n) is 4.36. The van der Waals surface area contributed by atoms with Gasteiger partial charge in [0.1, 0.15) is 0 Å². The van der Waals surface area contributed by atoms with Crippen LogP contribution in [-0.2, 0) is 14.8 Å². The Morgan fingerprint density at radius 3 is 2.30 bits per heavy atom. The van der Waals surface area contributed by atoms with Gasteiger partial charge in [-0.3, -0.25) is 9.78 Å². The van der Waals surface area contributed by atoms with Crippen LogP contribution < -0.4 is 5.32 Å². The highest BCUT2D eigenvalue weighted by Gasteiger charge is 2.40. The summed E-state index contributed by atoms with van der Waals surface area (Å²) in [6, 6.07) is 23.2.